The van der Waals surface area contributed by atoms with E-state index in [9.17, 15) is 18.0 Å². The molecule has 0 aliphatic heterocycles. The molecule has 3 aromatic rings. The highest BCUT2D eigenvalue weighted by molar-refractivity contribution is 5.92. The molecule has 0 saturated carbocycles. The molecule has 10 heteroatoms. The molecule has 0 fully saturated rings. The van der Waals surface area contributed by atoms with Crippen LogP contribution < -0.4 is 4.74 Å². The average molecular weight is 395 g/mol. The summed E-state index contributed by atoms with van der Waals surface area (Å²) in [6, 6.07) is 5.74. The first-order valence-electron chi connectivity index (χ1n) is 8.17. The van der Waals surface area contributed by atoms with Crippen molar-refractivity contribution in [2.45, 2.75) is 25.7 Å². The number of alkyl halides is 3. The third-order valence-corrected chi connectivity index (χ3v) is 4.08. The number of hydrogen-bond donors (Lipinski definition) is 0. The summed E-state index contributed by atoms with van der Waals surface area (Å²) >= 11 is 0. The highest BCUT2D eigenvalue weighted by atomic mass is 19.4. The van der Waals surface area contributed by atoms with Crippen molar-refractivity contribution >= 4 is 5.91 Å². The Morgan fingerprint density at radius 2 is 2.11 bits per heavy atom. The summed E-state index contributed by atoms with van der Waals surface area (Å²) in [7, 11) is 1.58. The lowest BCUT2D eigenvalue weighted by molar-refractivity contribution is -0.137. The zero-order chi connectivity index (χ0) is 20.3. The molecular formula is C18H16F3N3O4. The second-order valence-electron chi connectivity index (χ2n) is 5.96. The van der Waals surface area contributed by atoms with Gasteiger partial charge in [0, 0.05) is 13.1 Å². The molecule has 1 unspecified atom stereocenters. The van der Waals surface area contributed by atoms with Gasteiger partial charge in [-0.05, 0) is 25.1 Å². The number of ether oxygens (including phenoxy) is 1. The fourth-order valence-corrected chi connectivity index (χ4v) is 2.38. The van der Waals surface area contributed by atoms with Crippen LogP contribution in [0.15, 0.2) is 51.8 Å². The fraction of sp³-hybridized carbons (Fsp3) is 0.278. The second kappa shape index (κ2) is 7.75. The minimum absolute atomic E-state index is 0.0117. The smallest absolute Gasteiger partial charge is 0.416 e. The summed E-state index contributed by atoms with van der Waals surface area (Å²) in [6.45, 7) is 1.55. The van der Waals surface area contributed by atoms with Crippen LogP contribution in [-0.2, 0) is 12.8 Å². The Labute approximate surface area is 157 Å². The van der Waals surface area contributed by atoms with E-state index in [1.165, 1.54) is 29.6 Å². The fourth-order valence-electron chi connectivity index (χ4n) is 2.38. The molecule has 0 aliphatic rings. The number of aromatic nitrogens is 2. The number of nitrogens with zero attached hydrogens (tertiary/aromatic N) is 3. The van der Waals surface area contributed by atoms with Gasteiger partial charge >= 0.3 is 6.18 Å². The van der Waals surface area contributed by atoms with Gasteiger partial charge in [0.25, 0.3) is 5.91 Å². The minimum atomic E-state index is -4.47. The number of oxazole rings is 1. The molecule has 7 nitrogen and oxygen atoms in total. The van der Waals surface area contributed by atoms with Crippen LogP contribution in [0.5, 0.6) is 5.75 Å². The van der Waals surface area contributed by atoms with Gasteiger partial charge in [-0.1, -0.05) is 11.2 Å². The van der Waals surface area contributed by atoms with Gasteiger partial charge in [0.15, 0.2) is 12.3 Å². The van der Waals surface area contributed by atoms with Gasteiger partial charge < -0.3 is 18.6 Å². The Balaban J connectivity index is 1.63. The van der Waals surface area contributed by atoms with Crippen LogP contribution in [0.25, 0.3) is 0 Å². The lowest BCUT2D eigenvalue weighted by atomic mass is 10.2. The maximum Gasteiger partial charge on any atom is 0.416 e. The Bertz CT molecular complexity index is 938. The molecule has 0 radical (unpaired) electrons. The number of carbonyl (C=O) groups is 1. The SMILES string of the molecule is CC(c1ccon1)N(C)C(=O)c1coc(COc2cccc(C(F)(F)F)c2)n1. The highest BCUT2D eigenvalue weighted by Crippen LogP contribution is 2.31. The molecule has 2 heterocycles. The van der Waals surface area contributed by atoms with E-state index < -0.39 is 17.6 Å². The van der Waals surface area contributed by atoms with E-state index in [2.05, 4.69) is 10.1 Å². The molecule has 0 aliphatic carbocycles. The van der Waals surface area contributed by atoms with E-state index in [-0.39, 0.29) is 30.0 Å². The van der Waals surface area contributed by atoms with Crippen molar-refractivity contribution in [3.05, 3.63) is 65.7 Å². The highest BCUT2D eigenvalue weighted by Gasteiger charge is 2.30. The molecule has 1 amide bonds. The number of benzene rings is 1. The van der Waals surface area contributed by atoms with Crippen LogP contribution in [0.2, 0.25) is 0 Å². The molecule has 28 heavy (non-hydrogen) atoms. The average Bonchev–Trinajstić information content (AvgIpc) is 3.36. The van der Waals surface area contributed by atoms with Crippen molar-refractivity contribution in [3.8, 4) is 5.75 Å². The first kappa shape index (κ1) is 19.5. The molecule has 148 valence electrons. The monoisotopic (exact) mass is 395 g/mol. The van der Waals surface area contributed by atoms with Crippen molar-refractivity contribution < 1.29 is 31.6 Å². The molecular weight excluding hydrogens is 379 g/mol. The van der Waals surface area contributed by atoms with Gasteiger partial charge in [-0.2, -0.15) is 13.2 Å². The van der Waals surface area contributed by atoms with Crippen molar-refractivity contribution in [2.75, 3.05) is 7.05 Å². The van der Waals surface area contributed by atoms with Gasteiger partial charge in [0.2, 0.25) is 5.89 Å². The van der Waals surface area contributed by atoms with Crippen LogP contribution in [0.4, 0.5) is 13.2 Å². The first-order chi connectivity index (χ1) is 13.3. The maximum absolute atomic E-state index is 12.7. The summed E-state index contributed by atoms with van der Waals surface area (Å²) in [6.07, 6.45) is -1.89. The van der Waals surface area contributed by atoms with E-state index in [1.807, 2.05) is 0 Å². The van der Waals surface area contributed by atoms with Crippen molar-refractivity contribution in [1.82, 2.24) is 15.0 Å². The molecule has 1 aromatic carbocycles. The van der Waals surface area contributed by atoms with Crippen molar-refractivity contribution in [1.29, 1.82) is 0 Å². The number of halogens is 3. The predicted octanol–water partition coefficient (Wildman–Crippen LogP) is 4.09. The van der Waals surface area contributed by atoms with Gasteiger partial charge in [-0.25, -0.2) is 4.98 Å². The Morgan fingerprint density at radius 1 is 1.32 bits per heavy atom. The van der Waals surface area contributed by atoms with Gasteiger partial charge in [0.05, 0.1) is 11.6 Å². The van der Waals surface area contributed by atoms with E-state index in [0.29, 0.717) is 5.69 Å². The maximum atomic E-state index is 12.7. The largest absolute Gasteiger partial charge is 0.484 e. The summed E-state index contributed by atoms with van der Waals surface area (Å²) < 4.78 is 53.4. The summed E-state index contributed by atoms with van der Waals surface area (Å²) in [5.74, 6) is -0.342. The van der Waals surface area contributed by atoms with Gasteiger partial charge in [0.1, 0.15) is 24.0 Å². The number of amides is 1. The predicted molar refractivity (Wildman–Crippen MR) is 89.3 cm³/mol. The van der Waals surface area contributed by atoms with Crippen LogP contribution in [-0.4, -0.2) is 28.0 Å². The Kier molecular flexibility index (Phi) is 5.39. The van der Waals surface area contributed by atoms with Gasteiger partial charge in [-0.3, -0.25) is 4.79 Å². The number of rotatable bonds is 6. The molecule has 0 N–H and O–H groups in total. The van der Waals surface area contributed by atoms with Crippen LogP contribution >= 0.6 is 0 Å². The third-order valence-electron chi connectivity index (χ3n) is 4.08. The topological polar surface area (TPSA) is 81.6 Å². The van der Waals surface area contributed by atoms with Crippen LogP contribution in [0, 0.1) is 0 Å². The van der Waals surface area contributed by atoms with E-state index >= 15 is 0 Å². The molecule has 2 aromatic heterocycles. The van der Waals surface area contributed by atoms with E-state index in [0.717, 1.165) is 12.1 Å². The zero-order valence-electron chi connectivity index (χ0n) is 14.9. The standard InChI is InChI=1S/C18H16F3N3O4/c1-11(14-6-7-28-23-14)24(2)17(25)15-9-27-16(22-15)10-26-13-5-3-4-12(8-13)18(19,20)21/h3-9,11H,10H2,1-2H3. The summed E-state index contributed by atoms with van der Waals surface area (Å²) in [4.78, 5) is 17.9. The molecule has 1 atom stereocenters. The third kappa shape index (κ3) is 4.33. The molecule has 0 bridgehead atoms. The minimum Gasteiger partial charge on any atom is -0.484 e. The van der Waals surface area contributed by atoms with Crippen molar-refractivity contribution in [3.63, 3.8) is 0 Å². The normalized spacial score (nSPS) is 12.6. The second-order valence-corrected chi connectivity index (χ2v) is 5.96. The molecule has 0 spiro atoms. The van der Waals surface area contributed by atoms with Crippen LogP contribution in [0.3, 0.4) is 0 Å². The molecule has 0 saturated heterocycles. The first-order valence-corrected chi connectivity index (χ1v) is 8.17. The van der Waals surface area contributed by atoms with Crippen molar-refractivity contribution in [2.24, 2.45) is 0 Å². The quantitative estimate of drug-likeness (QED) is 0.625. The van der Waals surface area contributed by atoms with Gasteiger partial charge in [-0.15, -0.1) is 0 Å². The van der Waals surface area contributed by atoms with E-state index in [4.69, 9.17) is 13.7 Å². The Hall–Kier alpha value is -3.30. The van der Waals surface area contributed by atoms with E-state index in [1.54, 1.807) is 20.0 Å². The lowest BCUT2D eigenvalue weighted by Crippen LogP contribution is -2.30. The number of carbonyl (C=O) groups excluding carboxylic acids is 1. The zero-order valence-corrected chi connectivity index (χ0v) is 14.9. The lowest BCUT2D eigenvalue weighted by Gasteiger charge is -2.21. The Morgan fingerprint density at radius 3 is 2.79 bits per heavy atom. The summed E-state index contributed by atoms with van der Waals surface area (Å²) in [5.41, 5.74) is -0.204. The summed E-state index contributed by atoms with van der Waals surface area (Å²) in [5, 5.41) is 3.79. The molecule has 3 rings (SSSR count). The van der Waals surface area contributed by atoms with Crippen LogP contribution in [0.1, 0.15) is 40.6 Å². The number of hydrogen-bond acceptors (Lipinski definition) is 6.